The SMILES string of the molecule is CC[C@H](C)[C@@H]([C@@H](CC)OC)N(C)C(=O)CNC(=O)C(NC)C(C)C. The zero-order valence-electron chi connectivity index (χ0n) is 16.7. The van der Waals surface area contributed by atoms with Crippen LogP contribution in [0.3, 0.4) is 0 Å². The first-order valence-corrected chi connectivity index (χ1v) is 8.98. The Morgan fingerprint density at radius 3 is 2.08 bits per heavy atom. The van der Waals surface area contributed by atoms with E-state index in [1.54, 1.807) is 26.1 Å². The monoisotopic (exact) mass is 343 g/mol. The Bertz CT molecular complexity index is 384. The molecule has 0 radical (unpaired) electrons. The van der Waals surface area contributed by atoms with Gasteiger partial charge < -0.3 is 20.3 Å². The van der Waals surface area contributed by atoms with Crippen LogP contribution >= 0.6 is 0 Å². The second kappa shape index (κ2) is 11.4. The molecular weight excluding hydrogens is 306 g/mol. The van der Waals surface area contributed by atoms with Gasteiger partial charge in [-0.25, -0.2) is 0 Å². The van der Waals surface area contributed by atoms with Crippen molar-refractivity contribution in [2.45, 2.75) is 65.6 Å². The van der Waals surface area contributed by atoms with Gasteiger partial charge in [-0.3, -0.25) is 9.59 Å². The average molecular weight is 344 g/mol. The first-order chi connectivity index (χ1) is 11.2. The number of hydrogen-bond donors (Lipinski definition) is 2. The van der Waals surface area contributed by atoms with E-state index in [0.717, 1.165) is 12.8 Å². The van der Waals surface area contributed by atoms with Crippen molar-refractivity contribution in [3.8, 4) is 0 Å². The molecule has 0 saturated carbocycles. The van der Waals surface area contributed by atoms with E-state index in [4.69, 9.17) is 4.74 Å². The fraction of sp³-hybridized carbons (Fsp3) is 0.889. The molecule has 2 amide bonds. The molecule has 2 N–H and O–H groups in total. The summed E-state index contributed by atoms with van der Waals surface area (Å²) in [6.45, 7) is 10.2. The molecule has 6 nitrogen and oxygen atoms in total. The molecule has 0 aromatic heterocycles. The Kier molecular flexibility index (Phi) is 10.9. The molecule has 142 valence electrons. The van der Waals surface area contributed by atoms with Crippen molar-refractivity contribution in [1.29, 1.82) is 0 Å². The number of ether oxygens (including phenoxy) is 1. The molecule has 0 heterocycles. The van der Waals surface area contributed by atoms with Gasteiger partial charge in [0.15, 0.2) is 0 Å². The largest absolute Gasteiger partial charge is 0.379 e. The smallest absolute Gasteiger partial charge is 0.242 e. The Morgan fingerprint density at radius 2 is 1.71 bits per heavy atom. The average Bonchev–Trinajstić information content (AvgIpc) is 2.56. The summed E-state index contributed by atoms with van der Waals surface area (Å²) in [5.74, 6) is 0.241. The van der Waals surface area contributed by atoms with Gasteiger partial charge in [0.05, 0.1) is 24.7 Å². The molecule has 6 heteroatoms. The zero-order chi connectivity index (χ0) is 18.9. The van der Waals surface area contributed by atoms with Crippen LogP contribution in [0.25, 0.3) is 0 Å². The topological polar surface area (TPSA) is 70.7 Å². The van der Waals surface area contributed by atoms with Crippen LogP contribution in [0.15, 0.2) is 0 Å². The molecule has 0 aliphatic carbocycles. The van der Waals surface area contributed by atoms with Gasteiger partial charge in [-0.15, -0.1) is 0 Å². The number of likely N-dealkylation sites (N-methyl/N-ethyl adjacent to an activating group) is 2. The van der Waals surface area contributed by atoms with E-state index in [-0.39, 0.29) is 42.5 Å². The van der Waals surface area contributed by atoms with Crippen LogP contribution in [0.5, 0.6) is 0 Å². The van der Waals surface area contributed by atoms with Gasteiger partial charge in [-0.2, -0.15) is 0 Å². The van der Waals surface area contributed by atoms with Gasteiger partial charge >= 0.3 is 0 Å². The van der Waals surface area contributed by atoms with Crippen LogP contribution < -0.4 is 10.6 Å². The predicted octanol–water partition coefficient (Wildman–Crippen LogP) is 1.64. The second-order valence-corrected chi connectivity index (χ2v) is 6.79. The Morgan fingerprint density at radius 1 is 1.12 bits per heavy atom. The number of carbonyl (C=O) groups excluding carboxylic acids is 2. The predicted molar refractivity (Wildman–Crippen MR) is 97.8 cm³/mol. The highest BCUT2D eigenvalue weighted by atomic mass is 16.5. The third-order valence-electron chi connectivity index (χ3n) is 4.83. The minimum atomic E-state index is -0.296. The third kappa shape index (κ3) is 6.40. The summed E-state index contributed by atoms with van der Waals surface area (Å²) in [6.07, 6.45) is 1.79. The number of rotatable bonds is 11. The lowest BCUT2D eigenvalue weighted by atomic mass is 9.91. The van der Waals surface area contributed by atoms with Gasteiger partial charge in [0.25, 0.3) is 0 Å². The molecule has 0 bridgehead atoms. The van der Waals surface area contributed by atoms with Crippen molar-refractivity contribution in [1.82, 2.24) is 15.5 Å². The van der Waals surface area contributed by atoms with E-state index < -0.39 is 0 Å². The van der Waals surface area contributed by atoms with Crippen molar-refractivity contribution in [2.75, 3.05) is 27.7 Å². The number of nitrogens with zero attached hydrogens (tertiary/aromatic N) is 1. The molecular formula is C18H37N3O3. The van der Waals surface area contributed by atoms with Gasteiger partial charge in [0.1, 0.15) is 0 Å². The van der Waals surface area contributed by atoms with Crippen molar-refractivity contribution in [2.24, 2.45) is 11.8 Å². The molecule has 0 aromatic rings. The first kappa shape index (κ1) is 22.9. The zero-order valence-corrected chi connectivity index (χ0v) is 16.7. The minimum Gasteiger partial charge on any atom is -0.379 e. The van der Waals surface area contributed by atoms with E-state index in [1.807, 2.05) is 13.8 Å². The Hall–Kier alpha value is -1.14. The molecule has 0 aromatic carbocycles. The quantitative estimate of drug-likeness (QED) is 0.598. The van der Waals surface area contributed by atoms with Gasteiger partial charge in [-0.05, 0) is 25.3 Å². The van der Waals surface area contributed by atoms with Crippen molar-refractivity contribution in [3.63, 3.8) is 0 Å². The maximum Gasteiger partial charge on any atom is 0.242 e. The highest BCUT2D eigenvalue weighted by Gasteiger charge is 2.31. The third-order valence-corrected chi connectivity index (χ3v) is 4.83. The minimum absolute atomic E-state index is 0.000372. The van der Waals surface area contributed by atoms with Crippen molar-refractivity contribution >= 4 is 11.8 Å². The lowest BCUT2D eigenvalue weighted by Gasteiger charge is -2.37. The Labute approximate surface area is 147 Å². The normalized spacial score (nSPS) is 16.4. The second-order valence-electron chi connectivity index (χ2n) is 6.79. The maximum absolute atomic E-state index is 12.6. The summed E-state index contributed by atoms with van der Waals surface area (Å²) >= 11 is 0. The van der Waals surface area contributed by atoms with Gasteiger partial charge in [0.2, 0.25) is 11.8 Å². The van der Waals surface area contributed by atoms with Crippen LogP contribution in [-0.2, 0) is 14.3 Å². The number of carbonyl (C=O) groups is 2. The molecule has 24 heavy (non-hydrogen) atoms. The summed E-state index contributed by atoms with van der Waals surface area (Å²) in [4.78, 5) is 26.5. The fourth-order valence-corrected chi connectivity index (χ4v) is 3.12. The van der Waals surface area contributed by atoms with E-state index in [2.05, 4.69) is 31.4 Å². The van der Waals surface area contributed by atoms with Crippen LogP contribution in [0, 0.1) is 11.8 Å². The number of methoxy groups -OCH3 is 1. The number of nitrogens with one attached hydrogen (secondary N) is 2. The van der Waals surface area contributed by atoms with E-state index in [9.17, 15) is 9.59 Å². The van der Waals surface area contributed by atoms with E-state index in [1.165, 1.54) is 0 Å². The van der Waals surface area contributed by atoms with E-state index >= 15 is 0 Å². The van der Waals surface area contributed by atoms with Crippen LogP contribution in [0.1, 0.15) is 47.5 Å². The lowest BCUT2D eigenvalue weighted by molar-refractivity contribution is -0.138. The standard InChI is InChI=1S/C18H37N3O3/c1-9-13(5)17(14(10-2)24-8)21(7)15(22)11-20-18(23)16(19-6)12(3)4/h12-14,16-17,19H,9-11H2,1-8H3,(H,20,23)/t13-,14+,16?,17-/m0/s1. The first-order valence-electron chi connectivity index (χ1n) is 8.98. The highest BCUT2D eigenvalue weighted by Crippen LogP contribution is 2.21. The molecule has 0 spiro atoms. The van der Waals surface area contributed by atoms with Crippen LogP contribution in [0.4, 0.5) is 0 Å². The lowest BCUT2D eigenvalue weighted by Crippen LogP contribution is -2.53. The summed E-state index contributed by atoms with van der Waals surface area (Å²) in [7, 11) is 5.23. The van der Waals surface area contributed by atoms with Crippen molar-refractivity contribution in [3.05, 3.63) is 0 Å². The molecule has 0 rings (SSSR count). The summed E-state index contributed by atoms with van der Waals surface area (Å²) in [5.41, 5.74) is 0. The summed E-state index contributed by atoms with van der Waals surface area (Å²) in [5, 5.41) is 5.73. The van der Waals surface area contributed by atoms with Crippen LogP contribution in [0.2, 0.25) is 0 Å². The molecule has 1 unspecified atom stereocenters. The van der Waals surface area contributed by atoms with Crippen LogP contribution in [-0.4, -0.2) is 62.7 Å². The van der Waals surface area contributed by atoms with E-state index in [0.29, 0.717) is 5.92 Å². The summed E-state index contributed by atoms with van der Waals surface area (Å²) in [6, 6.07) is -0.296. The highest BCUT2D eigenvalue weighted by molar-refractivity contribution is 5.87. The molecule has 4 atom stereocenters. The molecule has 0 fully saturated rings. The van der Waals surface area contributed by atoms with Gasteiger partial charge in [-0.1, -0.05) is 41.0 Å². The molecule has 0 saturated heterocycles. The van der Waals surface area contributed by atoms with Crippen molar-refractivity contribution < 1.29 is 14.3 Å². The Balaban J connectivity index is 4.90. The molecule has 0 aliphatic rings. The number of hydrogen-bond acceptors (Lipinski definition) is 4. The summed E-state index contributed by atoms with van der Waals surface area (Å²) < 4.78 is 5.58. The maximum atomic E-state index is 12.6. The number of amides is 2. The molecule has 0 aliphatic heterocycles. The van der Waals surface area contributed by atoms with Gasteiger partial charge in [0, 0.05) is 14.2 Å². The fourth-order valence-electron chi connectivity index (χ4n) is 3.12.